The Morgan fingerprint density at radius 1 is 1.50 bits per heavy atom. The quantitative estimate of drug-likeness (QED) is 0.806. The molecular weight excluding hydrogens is 262 g/mol. The van der Waals surface area contributed by atoms with Gasteiger partial charge in [0, 0.05) is 20.3 Å². The van der Waals surface area contributed by atoms with Crippen molar-refractivity contribution in [2.24, 2.45) is 0 Å². The summed E-state index contributed by atoms with van der Waals surface area (Å²) in [6.07, 6.45) is 0. The molecule has 0 spiro atoms. The first kappa shape index (κ1) is 9.50. The number of phenolic OH excluding ortho intramolecular Hbond substituents is 1. The highest BCUT2D eigenvalue weighted by Crippen LogP contribution is 2.34. The van der Waals surface area contributed by atoms with E-state index in [4.69, 9.17) is 5.26 Å². The van der Waals surface area contributed by atoms with Gasteiger partial charge in [-0.1, -0.05) is 15.9 Å². The summed E-state index contributed by atoms with van der Waals surface area (Å²) in [6.45, 7) is 0. The highest BCUT2D eigenvalue weighted by molar-refractivity contribution is 9.08. The largest absolute Gasteiger partial charge is 0.508 e. The van der Waals surface area contributed by atoms with Gasteiger partial charge in [-0.15, -0.1) is 11.3 Å². The third kappa shape index (κ3) is 1.39. The number of benzene rings is 1. The SMILES string of the molecule is N#Cc1c(CBr)sc2ccc(O)cc12. The Morgan fingerprint density at radius 3 is 2.93 bits per heavy atom. The van der Waals surface area contributed by atoms with Crippen LogP contribution in [0.1, 0.15) is 10.4 Å². The van der Waals surface area contributed by atoms with Crippen LogP contribution in [-0.2, 0) is 5.33 Å². The number of alkyl halides is 1. The molecule has 1 heterocycles. The van der Waals surface area contributed by atoms with Gasteiger partial charge in [0.2, 0.25) is 0 Å². The molecule has 0 bridgehead atoms. The molecule has 0 saturated carbocycles. The maximum atomic E-state index is 9.32. The molecule has 0 aliphatic carbocycles. The highest BCUT2D eigenvalue weighted by Gasteiger charge is 2.10. The van der Waals surface area contributed by atoms with Gasteiger partial charge in [-0.3, -0.25) is 0 Å². The van der Waals surface area contributed by atoms with Crippen molar-refractivity contribution >= 4 is 37.4 Å². The van der Waals surface area contributed by atoms with Gasteiger partial charge >= 0.3 is 0 Å². The van der Waals surface area contributed by atoms with Crippen molar-refractivity contribution in [1.82, 2.24) is 0 Å². The van der Waals surface area contributed by atoms with Crippen LogP contribution in [-0.4, -0.2) is 5.11 Å². The molecule has 0 aliphatic rings. The van der Waals surface area contributed by atoms with Crippen LogP contribution < -0.4 is 0 Å². The summed E-state index contributed by atoms with van der Waals surface area (Å²) >= 11 is 4.92. The standard InChI is InChI=1S/C10H6BrNOS/c11-4-10-8(5-12)7-3-6(13)1-2-9(7)14-10/h1-3,13H,4H2. The Balaban J connectivity index is 2.83. The lowest BCUT2D eigenvalue weighted by Crippen LogP contribution is -1.76. The first-order valence-electron chi connectivity index (χ1n) is 3.96. The summed E-state index contributed by atoms with van der Waals surface area (Å²) in [5.41, 5.74) is 0.665. The Bertz CT molecular complexity index is 527. The Kier molecular flexibility index (Phi) is 2.44. The van der Waals surface area contributed by atoms with Crippen LogP contribution in [0.25, 0.3) is 10.1 Å². The van der Waals surface area contributed by atoms with Gasteiger partial charge in [-0.05, 0) is 18.2 Å². The van der Waals surface area contributed by atoms with E-state index in [2.05, 4.69) is 22.0 Å². The molecule has 1 aromatic heterocycles. The Morgan fingerprint density at radius 2 is 2.29 bits per heavy atom. The molecule has 0 aliphatic heterocycles. The number of fused-ring (bicyclic) bond motifs is 1. The summed E-state index contributed by atoms with van der Waals surface area (Å²) in [6, 6.07) is 7.27. The molecular formula is C10H6BrNOS. The fourth-order valence-electron chi connectivity index (χ4n) is 1.35. The van der Waals surface area contributed by atoms with Gasteiger partial charge in [0.15, 0.2) is 0 Å². The summed E-state index contributed by atoms with van der Waals surface area (Å²) in [7, 11) is 0. The van der Waals surface area contributed by atoms with Crippen LogP contribution in [0.5, 0.6) is 5.75 Å². The van der Waals surface area contributed by atoms with E-state index in [0.717, 1.165) is 15.0 Å². The molecule has 2 rings (SSSR count). The summed E-state index contributed by atoms with van der Waals surface area (Å²) in [5, 5.41) is 19.8. The van der Waals surface area contributed by atoms with E-state index < -0.39 is 0 Å². The first-order valence-corrected chi connectivity index (χ1v) is 5.90. The average molecular weight is 268 g/mol. The van der Waals surface area contributed by atoms with E-state index in [9.17, 15) is 5.11 Å². The van der Waals surface area contributed by atoms with Crippen LogP contribution in [0.2, 0.25) is 0 Å². The molecule has 0 atom stereocenters. The lowest BCUT2D eigenvalue weighted by molar-refractivity contribution is 0.476. The number of hydrogen-bond donors (Lipinski definition) is 1. The molecule has 0 saturated heterocycles. The second-order valence-electron chi connectivity index (χ2n) is 2.83. The molecule has 1 N–H and O–H groups in total. The molecule has 0 amide bonds. The van der Waals surface area contributed by atoms with E-state index >= 15 is 0 Å². The number of halogens is 1. The van der Waals surface area contributed by atoms with Gasteiger partial charge in [-0.25, -0.2) is 0 Å². The fraction of sp³-hybridized carbons (Fsp3) is 0.100. The predicted octanol–water partition coefficient (Wildman–Crippen LogP) is 3.37. The van der Waals surface area contributed by atoms with Crippen molar-refractivity contribution in [2.45, 2.75) is 5.33 Å². The van der Waals surface area contributed by atoms with E-state index in [1.54, 1.807) is 23.5 Å². The smallest absolute Gasteiger partial charge is 0.116 e. The van der Waals surface area contributed by atoms with E-state index in [1.165, 1.54) is 0 Å². The normalized spacial score (nSPS) is 10.3. The zero-order chi connectivity index (χ0) is 10.1. The average Bonchev–Trinajstić information content (AvgIpc) is 2.54. The third-order valence-electron chi connectivity index (χ3n) is 1.98. The monoisotopic (exact) mass is 267 g/mol. The maximum Gasteiger partial charge on any atom is 0.116 e. The molecule has 0 fully saturated rings. The van der Waals surface area contributed by atoms with Gasteiger partial charge in [0.05, 0.1) is 5.56 Å². The minimum Gasteiger partial charge on any atom is -0.508 e. The Labute approximate surface area is 93.5 Å². The van der Waals surface area contributed by atoms with Gasteiger partial charge < -0.3 is 5.11 Å². The van der Waals surface area contributed by atoms with Gasteiger partial charge in [-0.2, -0.15) is 5.26 Å². The Hall–Kier alpha value is -1.05. The molecule has 14 heavy (non-hydrogen) atoms. The van der Waals surface area contributed by atoms with Crippen molar-refractivity contribution < 1.29 is 5.11 Å². The van der Waals surface area contributed by atoms with Crippen molar-refractivity contribution in [3.8, 4) is 11.8 Å². The number of nitriles is 1. The molecule has 2 nitrogen and oxygen atoms in total. The molecule has 0 unspecified atom stereocenters. The molecule has 1 aromatic carbocycles. The number of rotatable bonds is 1. The van der Waals surface area contributed by atoms with Gasteiger partial charge in [0.1, 0.15) is 11.8 Å². The summed E-state index contributed by atoms with van der Waals surface area (Å²) < 4.78 is 1.04. The number of phenols is 1. The highest BCUT2D eigenvalue weighted by atomic mass is 79.9. The second kappa shape index (κ2) is 3.60. The van der Waals surface area contributed by atoms with Crippen LogP contribution in [0, 0.1) is 11.3 Å². The minimum absolute atomic E-state index is 0.202. The second-order valence-corrected chi connectivity index (χ2v) is 4.52. The lowest BCUT2D eigenvalue weighted by Gasteiger charge is -1.91. The summed E-state index contributed by atoms with van der Waals surface area (Å²) in [5.74, 6) is 0.202. The molecule has 70 valence electrons. The van der Waals surface area contributed by atoms with Crippen molar-refractivity contribution in [1.29, 1.82) is 5.26 Å². The number of hydrogen-bond acceptors (Lipinski definition) is 3. The van der Waals surface area contributed by atoms with Crippen LogP contribution >= 0.6 is 27.3 Å². The third-order valence-corrected chi connectivity index (χ3v) is 4.08. The van der Waals surface area contributed by atoms with Crippen LogP contribution in [0.15, 0.2) is 18.2 Å². The first-order chi connectivity index (χ1) is 6.76. The van der Waals surface area contributed by atoms with E-state index in [1.807, 2.05) is 6.07 Å². The number of thiophene rings is 1. The number of nitrogens with zero attached hydrogens (tertiary/aromatic N) is 1. The van der Waals surface area contributed by atoms with E-state index in [0.29, 0.717) is 10.9 Å². The summed E-state index contributed by atoms with van der Waals surface area (Å²) in [4.78, 5) is 1.01. The van der Waals surface area contributed by atoms with Crippen molar-refractivity contribution in [3.05, 3.63) is 28.6 Å². The van der Waals surface area contributed by atoms with Crippen molar-refractivity contribution in [2.75, 3.05) is 0 Å². The van der Waals surface area contributed by atoms with Crippen molar-refractivity contribution in [3.63, 3.8) is 0 Å². The predicted molar refractivity (Wildman–Crippen MR) is 60.8 cm³/mol. The van der Waals surface area contributed by atoms with E-state index in [-0.39, 0.29) is 5.75 Å². The number of aromatic hydroxyl groups is 1. The molecule has 4 heteroatoms. The molecule has 0 radical (unpaired) electrons. The fourth-order valence-corrected chi connectivity index (χ4v) is 2.96. The van der Waals surface area contributed by atoms with Gasteiger partial charge in [0.25, 0.3) is 0 Å². The zero-order valence-corrected chi connectivity index (χ0v) is 9.52. The van der Waals surface area contributed by atoms with Crippen LogP contribution in [0.4, 0.5) is 0 Å². The molecule has 2 aromatic rings. The maximum absolute atomic E-state index is 9.32. The topological polar surface area (TPSA) is 44.0 Å². The minimum atomic E-state index is 0.202. The zero-order valence-electron chi connectivity index (χ0n) is 7.12. The van der Waals surface area contributed by atoms with Crippen LogP contribution in [0.3, 0.4) is 0 Å². The lowest BCUT2D eigenvalue weighted by atomic mass is 10.1.